The van der Waals surface area contributed by atoms with E-state index in [1.54, 1.807) is 34.6 Å². The fourth-order valence-electron chi connectivity index (χ4n) is 1.44. The van der Waals surface area contributed by atoms with E-state index in [-0.39, 0.29) is 5.92 Å². The van der Waals surface area contributed by atoms with E-state index in [0.29, 0.717) is 0 Å². The van der Waals surface area contributed by atoms with Gasteiger partial charge in [-0.05, 0) is 33.6 Å². The minimum Gasteiger partial charge on any atom is -0.458 e. The summed E-state index contributed by atoms with van der Waals surface area (Å²) in [5, 5.41) is 4.85. The van der Waals surface area contributed by atoms with Crippen molar-refractivity contribution < 1.29 is 19.1 Å². The Morgan fingerprint density at radius 3 is 1.90 bits per heavy atom. The molecule has 0 spiro atoms. The standard InChI is InChI=1S/C13H25N3O4/c1-7(2)9(16-12(14)19)10(17)15-8(3)11(18)20-13(4,5)6/h7-9H,1-6H3,(H,15,17)(H3,14,16,19)/t8-,9?/m0/s1. The lowest BCUT2D eigenvalue weighted by atomic mass is 10.0. The van der Waals surface area contributed by atoms with Gasteiger partial charge in [0.25, 0.3) is 0 Å². The maximum Gasteiger partial charge on any atom is 0.328 e. The number of carbonyl (C=O) groups is 3. The van der Waals surface area contributed by atoms with Crippen LogP contribution in [0, 0.1) is 5.92 Å². The molecule has 4 N–H and O–H groups in total. The highest BCUT2D eigenvalue weighted by molar-refractivity contribution is 5.90. The fraction of sp³-hybridized carbons (Fsp3) is 0.769. The van der Waals surface area contributed by atoms with Crippen molar-refractivity contribution in [1.29, 1.82) is 0 Å². The zero-order valence-corrected chi connectivity index (χ0v) is 12.9. The Labute approximate surface area is 119 Å². The Kier molecular flexibility index (Phi) is 6.48. The highest BCUT2D eigenvalue weighted by Crippen LogP contribution is 2.09. The van der Waals surface area contributed by atoms with Gasteiger partial charge in [-0.25, -0.2) is 9.59 Å². The average molecular weight is 287 g/mol. The van der Waals surface area contributed by atoms with E-state index in [4.69, 9.17) is 10.5 Å². The van der Waals surface area contributed by atoms with Crippen molar-refractivity contribution >= 4 is 17.9 Å². The van der Waals surface area contributed by atoms with E-state index in [2.05, 4.69) is 10.6 Å². The predicted molar refractivity (Wildman–Crippen MR) is 74.8 cm³/mol. The summed E-state index contributed by atoms with van der Waals surface area (Å²) >= 11 is 0. The topological polar surface area (TPSA) is 111 Å². The smallest absolute Gasteiger partial charge is 0.328 e. The van der Waals surface area contributed by atoms with E-state index in [1.807, 2.05) is 0 Å². The summed E-state index contributed by atoms with van der Waals surface area (Å²) in [6, 6.07) is -2.39. The third-order valence-electron chi connectivity index (χ3n) is 2.37. The third-order valence-corrected chi connectivity index (χ3v) is 2.37. The van der Waals surface area contributed by atoms with Gasteiger partial charge < -0.3 is 21.1 Å². The maximum atomic E-state index is 12.0. The first-order valence-corrected chi connectivity index (χ1v) is 6.53. The van der Waals surface area contributed by atoms with Gasteiger partial charge in [-0.1, -0.05) is 13.8 Å². The molecule has 3 amide bonds. The molecule has 0 saturated heterocycles. The SMILES string of the molecule is CC(C)C(NC(N)=O)C(=O)N[C@@H](C)C(=O)OC(C)(C)C. The second-order valence-electron chi connectivity index (χ2n) is 5.99. The second kappa shape index (κ2) is 7.12. The minimum atomic E-state index is -0.808. The van der Waals surface area contributed by atoms with Gasteiger partial charge in [-0.15, -0.1) is 0 Å². The molecule has 0 bridgehead atoms. The number of primary amides is 1. The lowest BCUT2D eigenvalue weighted by Crippen LogP contribution is -2.54. The minimum absolute atomic E-state index is 0.159. The number of esters is 1. The molecular formula is C13H25N3O4. The zero-order valence-electron chi connectivity index (χ0n) is 12.9. The van der Waals surface area contributed by atoms with Crippen molar-refractivity contribution in [2.75, 3.05) is 0 Å². The normalized spacial score (nSPS) is 14.3. The summed E-state index contributed by atoms with van der Waals surface area (Å²) in [5.41, 5.74) is 4.40. The Bertz CT molecular complexity index is 374. The van der Waals surface area contributed by atoms with Crippen LogP contribution in [0.1, 0.15) is 41.5 Å². The van der Waals surface area contributed by atoms with E-state index < -0.39 is 35.6 Å². The van der Waals surface area contributed by atoms with Crippen LogP contribution in [-0.2, 0) is 14.3 Å². The van der Waals surface area contributed by atoms with Crippen LogP contribution in [0.15, 0.2) is 0 Å². The summed E-state index contributed by atoms with van der Waals surface area (Å²) in [5.74, 6) is -1.17. The van der Waals surface area contributed by atoms with Crippen LogP contribution in [0.4, 0.5) is 4.79 Å². The summed E-state index contributed by atoms with van der Waals surface area (Å²) in [6.07, 6.45) is 0. The summed E-state index contributed by atoms with van der Waals surface area (Å²) in [4.78, 5) is 34.6. The maximum absolute atomic E-state index is 12.0. The van der Waals surface area contributed by atoms with Crippen molar-refractivity contribution in [3.8, 4) is 0 Å². The monoisotopic (exact) mass is 287 g/mol. The molecule has 0 aliphatic carbocycles. The third kappa shape index (κ3) is 6.96. The summed E-state index contributed by atoms with van der Waals surface area (Å²) in [6.45, 7) is 10.3. The molecule has 20 heavy (non-hydrogen) atoms. The summed E-state index contributed by atoms with van der Waals surface area (Å²) < 4.78 is 5.16. The number of nitrogens with two attached hydrogens (primary N) is 1. The second-order valence-corrected chi connectivity index (χ2v) is 5.99. The molecule has 0 aliphatic rings. The van der Waals surface area contributed by atoms with Gasteiger partial charge in [0.2, 0.25) is 5.91 Å². The van der Waals surface area contributed by atoms with Crippen LogP contribution in [0.3, 0.4) is 0 Å². The van der Waals surface area contributed by atoms with Gasteiger partial charge in [0, 0.05) is 0 Å². The van der Waals surface area contributed by atoms with Gasteiger partial charge in [-0.2, -0.15) is 0 Å². The number of nitrogens with one attached hydrogen (secondary N) is 2. The molecule has 0 fully saturated rings. The Morgan fingerprint density at radius 2 is 1.55 bits per heavy atom. The number of carbonyl (C=O) groups excluding carboxylic acids is 3. The lowest BCUT2D eigenvalue weighted by Gasteiger charge is -2.25. The van der Waals surface area contributed by atoms with Gasteiger partial charge in [0.05, 0.1) is 0 Å². The largest absolute Gasteiger partial charge is 0.458 e. The highest BCUT2D eigenvalue weighted by Gasteiger charge is 2.28. The van der Waals surface area contributed by atoms with Crippen LogP contribution >= 0.6 is 0 Å². The number of ether oxygens (including phenoxy) is 1. The molecule has 0 aromatic carbocycles. The number of rotatable bonds is 5. The van der Waals surface area contributed by atoms with E-state index in [1.165, 1.54) is 6.92 Å². The van der Waals surface area contributed by atoms with Gasteiger partial charge in [0.15, 0.2) is 0 Å². The van der Waals surface area contributed by atoms with Crippen LogP contribution in [0.5, 0.6) is 0 Å². The molecule has 0 heterocycles. The highest BCUT2D eigenvalue weighted by atomic mass is 16.6. The molecule has 0 aromatic rings. The van der Waals surface area contributed by atoms with Crippen molar-refractivity contribution in [3.63, 3.8) is 0 Å². The Morgan fingerprint density at radius 1 is 1.05 bits per heavy atom. The number of hydrogen-bond donors (Lipinski definition) is 3. The molecule has 0 radical (unpaired) electrons. The molecule has 116 valence electrons. The average Bonchev–Trinajstić information content (AvgIpc) is 2.22. The first-order chi connectivity index (χ1) is 8.94. The van der Waals surface area contributed by atoms with E-state index in [9.17, 15) is 14.4 Å². The van der Waals surface area contributed by atoms with Crippen LogP contribution in [0.2, 0.25) is 0 Å². The van der Waals surface area contributed by atoms with Gasteiger partial charge >= 0.3 is 12.0 Å². The van der Waals surface area contributed by atoms with Crippen molar-refractivity contribution in [2.24, 2.45) is 11.7 Å². The van der Waals surface area contributed by atoms with E-state index in [0.717, 1.165) is 0 Å². The first-order valence-electron chi connectivity index (χ1n) is 6.53. The summed E-state index contributed by atoms with van der Waals surface area (Å²) in [7, 11) is 0. The number of amides is 3. The number of hydrogen-bond acceptors (Lipinski definition) is 4. The van der Waals surface area contributed by atoms with E-state index >= 15 is 0 Å². The van der Waals surface area contributed by atoms with Crippen molar-refractivity contribution in [2.45, 2.75) is 59.2 Å². The van der Waals surface area contributed by atoms with Gasteiger partial charge in [0.1, 0.15) is 17.7 Å². The molecule has 0 aromatic heterocycles. The van der Waals surface area contributed by atoms with Crippen LogP contribution in [-0.4, -0.2) is 35.6 Å². The van der Waals surface area contributed by atoms with Gasteiger partial charge in [-0.3, -0.25) is 4.79 Å². The lowest BCUT2D eigenvalue weighted by molar-refractivity contribution is -0.158. The Balaban J connectivity index is 4.63. The fourth-order valence-corrected chi connectivity index (χ4v) is 1.44. The number of urea groups is 1. The molecule has 0 saturated carbocycles. The van der Waals surface area contributed by atoms with Crippen molar-refractivity contribution in [1.82, 2.24) is 10.6 Å². The zero-order chi connectivity index (χ0) is 16.1. The predicted octanol–water partition coefficient (Wildman–Crippen LogP) is 0.526. The van der Waals surface area contributed by atoms with Crippen LogP contribution < -0.4 is 16.4 Å². The first kappa shape index (κ1) is 18.2. The quantitative estimate of drug-likeness (QED) is 0.640. The molecule has 2 atom stereocenters. The Hall–Kier alpha value is -1.79. The molecule has 0 rings (SSSR count). The molecular weight excluding hydrogens is 262 g/mol. The molecule has 0 aliphatic heterocycles. The molecule has 7 nitrogen and oxygen atoms in total. The molecule has 1 unspecified atom stereocenters. The molecule has 7 heteroatoms. The van der Waals surface area contributed by atoms with Crippen LogP contribution in [0.25, 0.3) is 0 Å². The van der Waals surface area contributed by atoms with Crippen molar-refractivity contribution in [3.05, 3.63) is 0 Å².